The van der Waals surface area contributed by atoms with Crippen molar-refractivity contribution in [1.82, 2.24) is 0 Å². The van der Waals surface area contributed by atoms with E-state index in [0.29, 0.717) is 0 Å². The van der Waals surface area contributed by atoms with Crippen LogP contribution in [-0.2, 0) is 0 Å². The number of aromatic hydroxyl groups is 1. The molecule has 1 aliphatic heterocycles. The van der Waals surface area contributed by atoms with Crippen LogP contribution in [0.2, 0.25) is 0 Å². The van der Waals surface area contributed by atoms with E-state index in [4.69, 9.17) is 0 Å². The second-order valence-corrected chi connectivity index (χ2v) is 3.06. The minimum Gasteiger partial charge on any atom is -0.507 e. The predicted molar refractivity (Wildman–Crippen MR) is 52.3 cm³/mol. The molecule has 1 atom stereocenters. The molecule has 1 N–H and O–H groups in total. The maximum absolute atomic E-state index is 9.55. The van der Waals surface area contributed by atoms with Crippen molar-refractivity contribution in [3.8, 4) is 5.75 Å². The number of phenolic OH excluding ortho intramolecular Hbond substituents is 1. The first-order chi connectivity index (χ1) is 6.29. The third-order valence-corrected chi connectivity index (χ3v) is 2.07. The molecule has 3 nitrogen and oxygen atoms in total. The van der Waals surface area contributed by atoms with Crippen molar-refractivity contribution in [1.29, 1.82) is 0 Å². The number of hydrogen-bond acceptors (Lipinski definition) is 3. The van der Waals surface area contributed by atoms with Crippen LogP contribution in [0.1, 0.15) is 12.5 Å². The first kappa shape index (κ1) is 7.98. The summed E-state index contributed by atoms with van der Waals surface area (Å²) in [6.45, 7) is 2.00. The van der Waals surface area contributed by atoms with Gasteiger partial charge in [-0.05, 0) is 12.1 Å². The number of rotatable bonds is 1. The molecule has 1 aromatic rings. The molecule has 1 unspecified atom stereocenters. The molecule has 0 bridgehead atoms. The van der Waals surface area contributed by atoms with Crippen molar-refractivity contribution in [2.45, 2.75) is 6.92 Å². The average Bonchev–Trinajstić information content (AvgIpc) is 2.52. The lowest BCUT2D eigenvalue weighted by Gasteiger charge is -2.06. The summed E-state index contributed by atoms with van der Waals surface area (Å²) in [7, 11) is 0. The SMILES string of the molecule is CC1C=NN=C1c1ccccc1O. The number of benzene rings is 1. The van der Waals surface area contributed by atoms with Gasteiger partial charge >= 0.3 is 0 Å². The van der Waals surface area contributed by atoms with Gasteiger partial charge in [0.05, 0.1) is 5.71 Å². The van der Waals surface area contributed by atoms with Crippen molar-refractivity contribution in [2.24, 2.45) is 16.1 Å². The van der Waals surface area contributed by atoms with Crippen molar-refractivity contribution in [3.63, 3.8) is 0 Å². The van der Waals surface area contributed by atoms with Crippen LogP contribution in [0.5, 0.6) is 5.75 Å². The van der Waals surface area contributed by atoms with E-state index in [2.05, 4.69) is 10.2 Å². The Hall–Kier alpha value is -1.64. The van der Waals surface area contributed by atoms with Crippen LogP contribution >= 0.6 is 0 Å². The Morgan fingerprint density at radius 2 is 2.08 bits per heavy atom. The van der Waals surface area contributed by atoms with Gasteiger partial charge in [0, 0.05) is 17.7 Å². The van der Waals surface area contributed by atoms with E-state index in [1.54, 1.807) is 18.3 Å². The first-order valence-corrected chi connectivity index (χ1v) is 4.18. The molecule has 1 aromatic carbocycles. The van der Waals surface area contributed by atoms with Gasteiger partial charge in [-0.25, -0.2) is 0 Å². The normalized spacial score (nSPS) is 20.4. The van der Waals surface area contributed by atoms with E-state index in [-0.39, 0.29) is 11.7 Å². The highest BCUT2D eigenvalue weighted by atomic mass is 16.3. The summed E-state index contributed by atoms with van der Waals surface area (Å²) in [6, 6.07) is 7.17. The molecule has 0 amide bonds. The smallest absolute Gasteiger partial charge is 0.124 e. The molecular weight excluding hydrogens is 164 g/mol. The van der Waals surface area contributed by atoms with Gasteiger partial charge in [-0.3, -0.25) is 0 Å². The highest BCUT2D eigenvalue weighted by Crippen LogP contribution is 2.21. The zero-order valence-corrected chi connectivity index (χ0v) is 7.31. The third-order valence-electron chi connectivity index (χ3n) is 2.07. The average molecular weight is 174 g/mol. The number of hydrogen-bond donors (Lipinski definition) is 1. The van der Waals surface area contributed by atoms with Crippen molar-refractivity contribution >= 4 is 11.9 Å². The van der Waals surface area contributed by atoms with E-state index in [1.165, 1.54) is 0 Å². The molecular formula is C10H10N2O. The summed E-state index contributed by atoms with van der Waals surface area (Å²) in [4.78, 5) is 0. The molecule has 1 heterocycles. The van der Waals surface area contributed by atoms with Crippen LogP contribution in [0, 0.1) is 5.92 Å². The van der Waals surface area contributed by atoms with E-state index < -0.39 is 0 Å². The Morgan fingerprint density at radius 1 is 1.31 bits per heavy atom. The summed E-state index contributed by atoms with van der Waals surface area (Å²) < 4.78 is 0. The Labute approximate surface area is 76.4 Å². The minimum absolute atomic E-state index is 0.188. The topological polar surface area (TPSA) is 45.0 Å². The minimum atomic E-state index is 0.188. The van der Waals surface area contributed by atoms with Crippen LogP contribution in [0.3, 0.4) is 0 Å². The quantitative estimate of drug-likeness (QED) is 0.693. The molecule has 0 aromatic heterocycles. The van der Waals surface area contributed by atoms with Gasteiger partial charge in [0.2, 0.25) is 0 Å². The Balaban J connectivity index is 2.42. The molecule has 0 saturated heterocycles. The lowest BCUT2D eigenvalue weighted by atomic mass is 9.99. The van der Waals surface area contributed by atoms with Crippen LogP contribution < -0.4 is 0 Å². The van der Waals surface area contributed by atoms with Gasteiger partial charge in [-0.2, -0.15) is 10.2 Å². The lowest BCUT2D eigenvalue weighted by Crippen LogP contribution is -2.09. The van der Waals surface area contributed by atoms with Crippen molar-refractivity contribution < 1.29 is 5.11 Å². The highest BCUT2D eigenvalue weighted by Gasteiger charge is 2.17. The van der Waals surface area contributed by atoms with Crippen molar-refractivity contribution in [2.75, 3.05) is 0 Å². The summed E-state index contributed by atoms with van der Waals surface area (Å²) >= 11 is 0. The zero-order chi connectivity index (χ0) is 9.26. The fourth-order valence-electron chi connectivity index (χ4n) is 1.35. The molecule has 66 valence electrons. The van der Waals surface area contributed by atoms with E-state index in [1.807, 2.05) is 19.1 Å². The predicted octanol–water partition coefficient (Wildman–Crippen LogP) is 1.82. The zero-order valence-electron chi connectivity index (χ0n) is 7.31. The van der Waals surface area contributed by atoms with E-state index in [0.717, 1.165) is 11.3 Å². The van der Waals surface area contributed by atoms with Crippen LogP contribution in [-0.4, -0.2) is 17.0 Å². The van der Waals surface area contributed by atoms with Gasteiger partial charge in [-0.15, -0.1) is 0 Å². The number of para-hydroxylation sites is 1. The van der Waals surface area contributed by atoms with Gasteiger partial charge < -0.3 is 5.11 Å². The van der Waals surface area contributed by atoms with Gasteiger partial charge in [0.15, 0.2) is 0 Å². The van der Waals surface area contributed by atoms with E-state index in [9.17, 15) is 5.11 Å². The fraction of sp³-hybridized carbons (Fsp3) is 0.200. The molecule has 0 fully saturated rings. The molecule has 1 aliphatic rings. The summed E-state index contributed by atoms with van der Waals surface area (Å²) in [6.07, 6.45) is 1.77. The molecule has 0 saturated carbocycles. The maximum Gasteiger partial charge on any atom is 0.124 e. The highest BCUT2D eigenvalue weighted by molar-refractivity contribution is 6.12. The monoisotopic (exact) mass is 174 g/mol. The number of nitrogens with zero attached hydrogens (tertiary/aromatic N) is 2. The fourth-order valence-corrected chi connectivity index (χ4v) is 1.35. The maximum atomic E-state index is 9.55. The Kier molecular flexibility index (Phi) is 1.85. The second-order valence-electron chi connectivity index (χ2n) is 3.06. The van der Waals surface area contributed by atoms with Gasteiger partial charge in [0.25, 0.3) is 0 Å². The summed E-state index contributed by atoms with van der Waals surface area (Å²) in [5.74, 6) is 0.451. The number of phenols is 1. The van der Waals surface area contributed by atoms with Crippen LogP contribution in [0.15, 0.2) is 34.5 Å². The van der Waals surface area contributed by atoms with Crippen LogP contribution in [0.4, 0.5) is 0 Å². The van der Waals surface area contributed by atoms with Crippen molar-refractivity contribution in [3.05, 3.63) is 29.8 Å². The Morgan fingerprint density at radius 3 is 2.69 bits per heavy atom. The second kappa shape index (κ2) is 3.01. The van der Waals surface area contributed by atoms with Gasteiger partial charge in [-0.1, -0.05) is 19.1 Å². The standard InChI is InChI=1S/C10H10N2O/c1-7-6-11-12-10(7)8-4-2-3-5-9(8)13/h2-7,13H,1H3. The van der Waals surface area contributed by atoms with E-state index >= 15 is 0 Å². The van der Waals surface area contributed by atoms with Gasteiger partial charge in [0.1, 0.15) is 5.75 Å². The Bertz CT molecular complexity index is 382. The third kappa shape index (κ3) is 1.33. The molecule has 0 spiro atoms. The molecule has 2 rings (SSSR count). The largest absolute Gasteiger partial charge is 0.507 e. The lowest BCUT2D eigenvalue weighted by molar-refractivity contribution is 0.474. The van der Waals surface area contributed by atoms with Crippen LogP contribution in [0.25, 0.3) is 0 Å². The first-order valence-electron chi connectivity index (χ1n) is 4.18. The molecule has 3 heteroatoms. The molecule has 0 radical (unpaired) electrons. The summed E-state index contributed by atoms with van der Waals surface area (Å²) in [5.41, 5.74) is 1.60. The molecule has 0 aliphatic carbocycles. The summed E-state index contributed by atoms with van der Waals surface area (Å²) in [5, 5.41) is 17.3. The molecule has 13 heavy (non-hydrogen) atoms.